The van der Waals surface area contributed by atoms with Crippen molar-refractivity contribution in [2.24, 2.45) is 5.73 Å². The quantitative estimate of drug-likeness (QED) is 0.839. The highest BCUT2D eigenvalue weighted by Crippen LogP contribution is 2.15. The number of aromatic nitrogens is 1. The second-order valence-electron chi connectivity index (χ2n) is 4.77. The van der Waals surface area contributed by atoms with E-state index in [4.69, 9.17) is 10.5 Å². The Balaban J connectivity index is 2.00. The van der Waals surface area contributed by atoms with Crippen molar-refractivity contribution in [3.63, 3.8) is 0 Å². The second-order valence-corrected chi connectivity index (χ2v) is 4.77. The minimum absolute atomic E-state index is 0.374. The molecule has 0 fully saturated rings. The number of nitrogens with two attached hydrogens (primary N) is 1. The first-order valence-electron chi connectivity index (χ1n) is 6.78. The molecule has 0 saturated carbocycles. The Morgan fingerprint density at radius 3 is 2.68 bits per heavy atom. The molecule has 3 N–H and O–H groups in total. The number of carbonyl (C=O) groups is 2. The molecule has 0 spiro atoms. The van der Waals surface area contributed by atoms with Crippen LogP contribution in [0.1, 0.15) is 22.8 Å². The topological polar surface area (TPSA) is 94.3 Å². The van der Waals surface area contributed by atoms with E-state index in [1.807, 2.05) is 12.1 Å². The van der Waals surface area contributed by atoms with Crippen molar-refractivity contribution < 1.29 is 14.3 Å². The number of ether oxygens (including phenoxy) is 1. The number of amides is 2. The zero-order valence-electron chi connectivity index (χ0n) is 12.2. The Hall–Kier alpha value is -2.89. The lowest BCUT2D eigenvalue weighted by atomic mass is 10.2. The molecule has 0 bridgehead atoms. The first-order valence-corrected chi connectivity index (χ1v) is 6.78. The highest BCUT2D eigenvalue weighted by Gasteiger charge is 2.14. The molecular formula is C16H17N3O3. The van der Waals surface area contributed by atoms with Gasteiger partial charge in [-0.3, -0.25) is 14.6 Å². The number of pyridine rings is 1. The van der Waals surface area contributed by atoms with Gasteiger partial charge in [-0.2, -0.15) is 0 Å². The van der Waals surface area contributed by atoms with Crippen molar-refractivity contribution in [3.05, 3.63) is 59.9 Å². The Labute approximate surface area is 128 Å². The van der Waals surface area contributed by atoms with Crippen molar-refractivity contribution in [1.82, 2.24) is 10.3 Å². The fourth-order valence-electron chi connectivity index (χ4n) is 1.72. The lowest BCUT2D eigenvalue weighted by Crippen LogP contribution is -2.42. The summed E-state index contributed by atoms with van der Waals surface area (Å²) >= 11 is 0. The van der Waals surface area contributed by atoms with E-state index in [0.29, 0.717) is 17.9 Å². The molecule has 22 heavy (non-hydrogen) atoms. The lowest BCUT2D eigenvalue weighted by Gasteiger charge is -2.11. The largest absolute Gasteiger partial charge is 0.489 e. The van der Waals surface area contributed by atoms with E-state index in [0.717, 1.165) is 5.56 Å². The Morgan fingerprint density at radius 2 is 2.00 bits per heavy atom. The maximum atomic E-state index is 12.0. The molecule has 2 rings (SSSR count). The van der Waals surface area contributed by atoms with E-state index in [1.165, 1.54) is 6.92 Å². The van der Waals surface area contributed by atoms with E-state index in [2.05, 4.69) is 10.3 Å². The number of carbonyl (C=O) groups excluding carboxylic acids is 2. The fraction of sp³-hybridized carbons (Fsp3) is 0.188. The van der Waals surface area contributed by atoms with Gasteiger partial charge in [0.1, 0.15) is 18.4 Å². The maximum Gasteiger partial charge on any atom is 0.252 e. The van der Waals surface area contributed by atoms with Crippen molar-refractivity contribution in [2.75, 3.05) is 0 Å². The van der Waals surface area contributed by atoms with Crippen molar-refractivity contribution >= 4 is 11.8 Å². The molecule has 2 aromatic rings. The number of nitrogens with one attached hydrogen (secondary N) is 1. The van der Waals surface area contributed by atoms with Gasteiger partial charge in [0.05, 0.1) is 0 Å². The number of hydrogen-bond donors (Lipinski definition) is 2. The summed E-state index contributed by atoms with van der Waals surface area (Å²) in [7, 11) is 0. The third-order valence-corrected chi connectivity index (χ3v) is 3.03. The molecule has 0 aliphatic heterocycles. The number of primary amides is 1. The number of rotatable bonds is 6. The average Bonchev–Trinajstić information content (AvgIpc) is 2.54. The summed E-state index contributed by atoms with van der Waals surface area (Å²) in [6.45, 7) is 1.91. The predicted octanol–water partition coefficient (Wildman–Crippen LogP) is 1.26. The predicted molar refractivity (Wildman–Crippen MR) is 81.1 cm³/mol. The molecule has 2 amide bonds. The number of hydrogen-bond acceptors (Lipinski definition) is 4. The molecule has 6 heteroatoms. The van der Waals surface area contributed by atoms with Crippen LogP contribution in [-0.4, -0.2) is 22.8 Å². The van der Waals surface area contributed by atoms with Gasteiger partial charge in [0.2, 0.25) is 5.91 Å². The van der Waals surface area contributed by atoms with Gasteiger partial charge < -0.3 is 15.8 Å². The molecule has 114 valence electrons. The van der Waals surface area contributed by atoms with Crippen molar-refractivity contribution in [1.29, 1.82) is 0 Å². The van der Waals surface area contributed by atoms with E-state index in [1.54, 1.807) is 36.7 Å². The SMILES string of the molecule is CC(NC(=O)c1cccc(OCc2ccncc2)c1)C(N)=O. The van der Waals surface area contributed by atoms with Crippen LogP contribution < -0.4 is 15.8 Å². The molecule has 0 saturated heterocycles. The average molecular weight is 299 g/mol. The Kier molecular flexibility index (Phi) is 5.08. The maximum absolute atomic E-state index is 12.0. The van der Waals surface area contributed by atoms with Gasteiger partial charge in [-0.25, -0.2) is 0 Å². The van der Waals surface area contributed by atoms with Crippen LogP contribution in [-0.2, 0) is 11.4 Å². The molecule has 1 aromatic carbocycles. The van der Waals surface area contributed by atoms with Crippen LogP contribution in [0.5, 0.6) is 5.75 Å². The van der Waals surface area contributed by atoms with Gasteiger partial charge in [-0.1, -0.05) is 6.07 Å². The summed E-state index contributed by atoms with van der Waals surface area (Å²) in [5.74, 6) is -0.393. The van der Waals surface area contributed by atoms with E-state index < -0.39 is 11.9 Å². The zero-order valence-corrected chi connectivity index (χ0v) is 12.2. The number of nitrogens with zero attached hydrogens (tertiary/aromatic N) is 1. The fourth-order valence-corrected chi connectivity index (χ4v) is 1.72. The van der Waals surface area contributed by atoms with Crippen LogP contribution >= 0.6 is 0 Å². The second kappa shape index (κ2) is 7.21. The molecule has 1 heterocycles. The summed E-state index contributed by atoms with van der Waals surface area (Å²) in [6, 6.07) is 9.71. The summed E-state index contributed by atoms with van der Waals surface area (Å²) in [6.07, 6.45) is 3.38. The monoisotopic (exact) mass is 299 g/mol. The van der Waals surface area contributed by atoms with Crippen LogP contribution in [0.2, 0.25) is 0 Å². The lowest BCUT2D eigenvalue weighted by molar-refractivity contribution is -0.119. The first-order chi connectivity index (χ1) is 10.6. The molecule has 6 nitrogen and oxygen atoms in total. The smallest absolute Gasteiger partial charge is 0.252 e. The van der Waals surface area contributed by atoms with Gasteiger partial charge in [-0.05, 0) is 42.8 Å². The minimum Gasteiger partial charge on any atom is -0.489 e. The van der Waals surface area contributed by atoms with Gasteiger partial charge in [-0.15, -0.1) is 0 Å². The van der Waals surface area contributed by atoms with Crippen molar-refractivity contribution in [2.45, 2.75) is 19.6 Å². The Morgan fingerprint density at radius 1 is 1.27 bits per heavy atom. The standard InChI is InChI=1S/C16H17N3O3/c1-11(15(17)20)19-16(21)13-3-2-4-14(9-13)22-10-12-5-7-18-8-6-12/h2-9,11H,10H2,1H3,(H2,17,20)(H,19,21). The van der Waals surface area contributed by atoms with Gasteiger partial charge >= 0.3 is 0 Å². The van der Waals surface area contributed by atoms with Gasteiger partial charge in [0, 0.05) is 18.0 Å². The Bertz CT molecular complexity index is 659. The normalized spacial score (nSPS) is 11.5. The molecule has 0 radical (unpaired) electrons. The van der Waals surface area contributed by atoms with E-state index >= 15 is 0 Å². The molecule has 0 aliphatic rings. The highest BCUT2D eigenvalue weighted by molar-refractivity contribution is 5.97. The van der Waals surface area contributed by atoms with E-state index in [-0.39, 0.29) is 5.91 Å². The van der Waals surface area contributed by atoms with Crippen molar-refractivity contribution in [3.8, 4) is 5.75 Å². The number of benzene rings is 1. The van der Waals surface area contributed by atoms with Gasteiger partial charge in [0.15, 0.2) is 0 Å². The summed E-state index contributed by atoms with van der Waals surface area (Å²) < 4.78 is 5.64. The van der Waals surface area contributed by atoms with Gasteiger partial charge in [0.25, 0.3) is 5.91 Å². The molecule has 1 aromatic heterocycles. The minimum atomic E-state index is -0.728. The van der Waals surface area contributed by atoms with Crippen LogP contribution in [0, 0.1) is 0 Å². The summed E-state index contributed by atoms with van der Waals surface area (Å²) in [5.41, 5.74) is 6.50. The highest BCUT2D eigenvalue weighted by atomic mass is 16.5. The van der Waals surface area contributed by atoms with Crippen LogP contribution in [0.4, 0.5) is 0 Å². The van der Waals surface area contributed by atoms with Crippen LogP contribution in [0.25, 0.3) is 0 Å². The van der Waals surface area contributed by atoms with Crippen LogP contribution in [0.3, 0.4) is 0 Å². The molecule has 0 aliphatic carbocycles. The molecular weight excluding hydrogens is 282 g/mol. The zero-order chi connectivity index (χ0) is 15.9. The summed E-state index contributed by atoms with van der Waals surface area (Å²) in [5, 5.41) is 2.52. The molecule has 1 unspecified atom stereocenters. The van der Waals surface area contributed by atoms with Crippen LogP contribution in [0.15, 0.2) is 48.8 Å². The van der Waals surface area contributed by atoms with E-state index in [9.17, 15) is 9.59 Å². The summed E-state index contributed by atoms with van der Waals surface area (Å²) in [4.78, 5) is 26.9. The third kappa shape index (κ3) is 4.31. The third-order valence-electron chi connectivity index (χ3n) is 3.03. The first kappa shape index (κ1) is 15.5. The molecule has 1 atom stereocenters.